The number of carbonyl (C=O) groups is 1. The molecule has 0 bridgehead atoms. The Morgan fingerprint density at radius 2 is 1.79 bits per heavy atom. The Morgan fingerprint density at radius 3 is 2.39 bits per heavy atom. The number of ether oxygens (including phenoxy) is 1. The SMILES string of the molecule is COc1ccc(S(=O)(=O)N(C)C)cc1CCC(=O)NCCc1ccc(Cl)cc1. The maximum absolute atomic E-state index is 12.3. The Bertz CT molecular complexity index is 912. The standard InChI is InChI=1S/C20H25ClN2O4S/c1-23(2)28(25,26)18-9-10-19(27-3)16(14-18)6-11-20(24)22-13-12-15-4-7-17(21)8-5-15/h4-5,7-10,14H,6,11-13H2,1-3H3,(H,22,24). The summed E-state index contributed by atoms with van der Waals surface area (Å²) in [5, 5.41) is 3.56. The van der Waals surface area contributed by atoms with Gasteiger partial charge in [-0.3, -0.25) is 4.79 Å². The summed E-state index contributed by atoms with van der Waals surface area (Å²) >= 11 is 5.86. The molecule has 1 amide bonds. The van der Waals surface area contributed by atoms with Crippen LogP contribution in [0.4, 0.5) is 0 Å². The molecule has 0 saturated carbocycles. The number of benzene rings is 2. The van der Waals surface area contributed by atoms with Gasteiger partial charge in [-0.1, -0.05) is 23.7 Å². The highest BCUT2D eigenvalue weighted by Gasteiger charge is 2.19. The van der Waals surface area contributed by atoms with Gasteiger partial charge < -0.3 is 10.1 Å². The number of halogens is 1. The van der Waals surface area contributed by atoms with Crippen molar-refractivity contribution in [1.82, 2.24) is 9.62 Å². The van der Waals surface area contributed by atoms with E-state index in [4.69, 9.17) is 16.3 Å². The van der Waals surface area contributed by atoms with Crippen LogP contribution in [0.15, 0.2) is 47.4 Å². The zero-order valence-electron chi connectivity index (χ0n) is 16.2. The van der Waals surface area contributed by atoms with Gasteiger partial charge in [0.05, 0.1) is 12.0 Å². The van der Waals surface area contributed by atoms with Crippen molar-refractivity contribution in [1.29, 1.82) is 0 Å². The topological polar surface area (TPSA) is 75.7 Å². The third-order valence-electron chi connectivity index (χ3n) is 4.30. The highest BCUT2D eigenvalue weighted by molar-refractivity contribution is 7.89. The van der Waals surface area contributed by atoms with E-state index in [1.54, 1.807) is 12.1 Å². The van der Waals surface area contributed by atoms with Crippen molar-refractivity contribution in [3.63, 3.8) is 0 Å². The van der Waals surface area contributed by atoms with Crippen molar-refractivity contribution in [2.24, 2.45) is 0 Å². The van der Waals surface area contributed by atoms with Gasteiger partial charge in [0.2, 0.25) is 15.9 Å². The van der Waals surface area contributed by atoms with E-state index in [2.05, 4.69) is 5.32 Å². The molecular formula is C20H25ClN2O4S. The number of aryl methyl sites for hydroxylation is 1. The molecule has 2 rings (SSSR count). The van der Waals surface area contributed by atoms with Gasteiger partial charge in [-0.05, 0) is 54.3 Å². The first-order valence-electron chi connectivity index (χ1n) is 8.84. The van der Waals surface area contributed by atoms with Gasteiger partial charge in [-0.25, -0.2) is 12.7 Å². The van der Waals surface area contributed by atoms with Crippen molar-refractivity contribution in [2.75, 3.05) is 27.7 Å². The molecular weight excluding hydrogens is 400 g/mol. The van der Waals surface area contributed by atoms with Crippen LogP contribution in [0.1, 0.15) is 17.5 Å². The molecule has 0 spiro atoms. The minimum atomic E-state index is -3.54. The van der Waals surface area contributed by atoms with E-state index < -0.39 is 10.0 Å². The van der Waals surface area contributed by atoms with Crippen LogP contribution >= 0.6 is 11.6 Å². The van der Waals surface area contributed by atoms with Gasteiger partial charge >= 0.3 is 0 Å². The number of nitrogens with zero attached hydrogens (tertiary/aromatic N) is 1. The Hall–Kier alpha value is -2.09. The van der Waals surface area contributed by atoms with Gasteiger partial charge in [0.15, 0.2) is 0 Å². The molecule has 0 atom stereocenters. The minimum Gasteiger partial charge on any atom is -0.496 e. The number of hydrogen-bond donors (Lipinski definition) is 1. The molecule has 0 radical (unpaired) electrons. The molecule has 8 heteroatoms. The number of hydrogen-bond acceptors (Lipinski definition) is 4. The van der Waals surface area contributed by atoms with E-state index in [0.29, 0.717) is 35.7 Å². The van der Waals surface area contributed by atoms with E-state index in [-0.39, 0.29) is 17.2 Å². The molecule has 152 valence electrons. The van der Waals surface area contributed by atoms with Crippen LogP contribution < -0.4 is 10.1 Å². The highest BCUT2D eigenvalue weighted by atomic mass is 35.5. The molecule has 2 aromatic rings. The van der Waals surface area contributed by atoms with Crippen molar-refractivity contribution >= 4 is 27.5 Å². The normalized spacial score (nSPS) is 11.5. The molecule has 0 fully saturated rings. The van der Waals surface area contributed by atoms with Crippen LogP contribution in [0.3, 0.4) is 0 Å². The monoisotopic (exact) mass is 424 g/mol. The lowest BCUT2D eigenvalue weighted by atomic mass is 10.1. The summed E-state index contributed by atoms with van der Waals surface area (Å²) in [5.41, 5.74) is 1.77. The van der Waals surface area contributed by atoms with Crippen molar-refractivity contribution in [2.45, 2.75) is 24.2 Å². The summed E-state index contributed by atoms with van der Waals surface area (Å²) in [6, 6.07) is 12.2. The first kappa shape index (κ1) is 22.2. The number of sulfonamides is 1. The van der Waals surface area contributed by atoms with Gasteiger partial charge in [-0.2, -0.15) is 0 Å². The van der Waals surface area contributed by atoms with Crippen LogP contribution in [0.5, 0.6) is 5.75 Å². The van der Waals surface area contributed by atoms with Crippen LogP contribution in [0.25, 0.3) is 0 Å². The zero-order valence-corrected chi connectivity index (χ0v) is 17.8. The lowest BCUT2D eigenvalue weighted by Crippen LogP contribution is -2.26. The molecule has 6 nitrogen and oxygen atoms in total. The van der Waals surface area contributed by atoms with Crippen molar-refractivity contribution < 1.29 is 17.9 Å². The quantitative estimate of drug-likeness (QED) is 0.671. The fourth-order valence-corrected chi connectivity index (χ4v) is 3.73. The first-order valence-corrected chi connectivity index (χ1v) is 10.7. The van der Waals surface area contributed by atoms with Crippen molar-refractivity contribution in [3.05, 3.63) is 58.6 Å². The predicted octanol–water partition coefficient (Wildman–Crippen LogP) is 2.89. The van der Waals surface area contributed by atoms with Crippen LogP contribution in [0.2, 0.25) is 5.02 Å². The predicted molar refractivity (Wildman–Crippen MR) is 110 cm³/mol. The fraction of sp³-hybridized carbons (Fsp3) is 0.350. The lowest BCUT2D eigenvalue weighted by Gasteiger charge is -2.14. The Kier molecular flexibility index (Phi) is 7.86. The van der Waals surface area contributed by atoms with Gasteiger partial charge in [0.1, 0.15) is 5.75 Å². The molecule has 0 unspecified atom stereocenters. The van der Waals surface area contributed by atoms with E-state index in [0.717, 1.165) is 9.87 Å². The summed E-state index contributed by atoms with van der Waals surface area (Å²) < 4.78 is 31.1. The average Bonchev–Trinajstić information content (AvgIpc) is 2.67. The number of carbonyl (C=O) groups excluding carboxylic acids is 1. The second-order valence-corrected chi connectivity index (χ2v) is 9.08. The number of rotatable bonds is 9. The second kappa shape index (κ2) is 9.91. The molecule has 2 aromatic carbocycles. The summed E-state index contributed by atoms with van der Waals surface area (Å²) in [4.78, 5) is 12.3. The van der Waals surface area contributed by atoms with E-state index >= 15 is 0 Å². The average molecular weight is 425 g/mol. The van der Waals surface area contributed by atoms with E-state index in [1.165, 1.54) is 27.3 Å². The number of nitrogens with one attached hydrogen (secondary N) is 1. The largest absolute Gasteiger partial charge is 0.496 e. The van der Waals surface area contributed by atoms with Crippen LogP contribution in [-0.4, -0.2) is 46.4 Å². The second-order valence-electron chi connectivity index (χ2n) is 6.49. The summed E-state index contributed by atoms with van der Waals surface area (Å²) in [7, 11) is 0.935. The minimum absolute atomic E-state index is 0.100. The Balaban J connectivity index is 1.95. The van der Waals surface area contributed by atoms with Crippen LogP contribution in [-0.2, 0) is 27.7 Å². The van der Waals surface area contributed by atoms with E-state index in [1.807, 2.05) is 24.3 Å². The maximum Gasteiger partial charge on any atom is 0.242 e. The molecule has 0 aliphatic rings. The van der Waals surface area contributed by atoms with Gasteiger partial charge in [-0.15, -0.1) is 0 Å². The summed E-state index contributed by atoms with van der Waals surface area (Å²) in [6.45, 7) is 0.520. The zero-order chi connectivity index (χ0) is 20.7. The molecule has 0 saturated heterocycles. The summed E-state index contributed by atoms with van der Waals surface area (Å²) in [5.74, 6) is 0.462. The molecule has 1 N–H and O–H groups in total. The van der Waals surface area contributed by atoms with Gasteiger partial charge in [0, 0.05) is 32.1 Å². The maximum atomic E-state index is 12.3. The molecule has 0 aromatic heterocycles. The van der Waals surface area contributed by atoms with Gasteiger partial charge in [0.25, 0.3) is 0 Å². The Morgan fingerprint density at radius 1 is 1.11 bits per heavy atom. The molecule has 0 aliphatic heterocycles. The molecule has 0 heterocycles. The highest BCUT2D eigenvalue weighted by Crippen LogP contribution is 2.25. The third kappa shape index (κ3) is 5.95. The Labute approximate surface area is 171 Å². The third-order valence-corrected chi connectivity index (χ3v) is 6.36. The number of amides is 1. The lowest BCUT2D eigenvalue weighted by molar-refractivity contribution is -0.121. The fourth-order valence-electron chi connectivity index (χ4n) is 2.66. The van der Waals surface area contributed by atoms with E-state index in [9.17, 15) is 13.2 Å². The number of methoxy groups -OCH3 is 1. The first-order chi connectivity index (χ1) is 13.2. The molecule has 0 aliphatic carbocycles. The summed E-state index contributed by atoms with van der Waals surface area (Å²) in [6.07, 6.45) is 1.33. The molecule has 28 heavy (non-hydrogen) atoms. The van der Waals surface area contributed by atoms with Crippen molar-refractivity contribution in [3.8, 4) is 5.75 Å². The smallest absolute Gasteiger partial charge is 0.242 e. The van der Waals surface area contributed by atoms with Crippen LogP contribution in [0, 0.1) is 0 Å².